The van der Waals surface area contributed by atoms with E-state index in [-0.39, 0.29) is 23.8 Å². The van der Waals surface area contributed by atoms with Crippen molar-refractivity contribution in [1.29, 1.82) is 0 Å². The van der Waals surface area contributed by atoms with E-state index in [4.69, 9.17) is 0 Å². The summed E-state index contributed by atoms with van der Waals surface area (Å²) >= 11 is 0. The van der Waals surface area contributed by atoms with Crippen LogP contribution >= 0.6 is 0 Å². The van der Waals surface area contributed by atoms with Gasteiger partial charge >= 0.3 is 0 Å². The molecule has 0 aromatic rings. The Kier molecular flexibility index (Phi) is 3.92. The Morgan fingerprint density at radius 2 is 2.43 bits per heavy atom. The van der Waals surface area contributed by atoms with Crippen LogP contribution in [0.5, 0.6) is 0 Å². The number of hydrogen-bond donors (Lipinski definition) is 2. The highest BCUT2D eigenvalue weighted by Gasteiger charge is 2.25. The Bertz CT molecular complexity index is 228. The Hall–Kier alpha value is -1.06. The van der Waals surface area contributed by atoms with E-state index in [1.54, 1.807) is 0 Å². The third kappa shape index (κ3) is 3.01. The van der Waals surface area contributed by atoms with E-state index in [1.807, 2.05) is 13.8 Å². The number of hydrogen-bond acceptors (Lipinski definition) is 2. The number of amides is 2. The minimum Gasteiger partial charge on any atom is -0.356 e. The van der Waals surface area contributed by atoms with Gasteiger partial charge in [0.2, 0.25) is 11.8 Å². The van der Waals surface area contributed by atoms with E-state index in [2.05, 4.69) is 10.6 Å². The fraction of sp³-hybridized carbons (Fsp3) is 0.800. The fourth-order valence-electron chi connectivity index (χ4n) is 1.47. The molecule has 0 bridgehead atoms. The van der Waals surface area contributed by atoms with Gasteiger partial charge in [-0.3, -0.25) is 9.59 Å². The van der Waals surface area contributed by atoms with Crippen LogP contribution in [-0.2, 0) is 9.59 Å². The minimum atomic E-state index is -0.127. The van der Waals surface area contributed by atoms with E-state index >= 15 is 0 Å². The van der Waals surface area contributed by atoms with Crippen LogP contribution in [-0.4, -0.2) is 24.4 Å². The summed E-state index contributed by atoms with van der Waals surface area (Å²) in [5.74, 6) is -0.118. The van der Waals surface area contributed by atoms with Crippen LogP contribution in [0.15, 0.2) is 0 Å². The number of carbonyl (C=O) groups excluding carboxylic acids is 2. The maximum absolute atomic E-state index is 11.6. The number of carbonyl (C=O) groups is 2. The normalized spacial score (nSPS) is 23.9. The van der Waals surface area contributed by atoms with Gasteiger partial charge in [-0.2, -0.15) is 0 Å². The number of piperidine rings is 1. The number of nitrogens with one attached hydrogen (secondary N) is 2. The lowest BCUT2D eigenvalue weighted by molar-refractivity contribution is -0.132. The van der Waals surface area contributed by atoms with Crippen molar-refractivity contribution in [3.8, 4) is 0 Å². The third-order valence-electron chi connectivity index (χ3n) is 2.62. The van der Waals surface area contributed by atoms with Gasteiger partial charge in [0.1, 0.15) is 0 Å². The summed E-state index contributed by atoms with van der Waals surface area (Å²) in [6.45, 7) is 4.62. The van der Waals surface area contributed by atoms with Crippen LogP contribution in [0.25, 0.3) is 0 Å². The second-order valence-corrected chi connectivity index (χ2v) is 3.86. The lowest BCUT2D eigenvalue weighted by atomic mass is 9.96. The van der Waals surface area contributed by atoms with E-state index in [1.165, 1.54) is 0 Å². The molecule has 2 N–H and O–H groups in total. The first kappa shape index (κ1) is 11.0. The Labute approximate surface area is 84.4 Å². The van der Waals surface area contributed by atoms with Crippen LogP contribution in [0.3, 0.4) is 0 Å². The third-order valence-corrected chi connectivity index (χ3v) is 2.62. The van der Waals surface area contributed by atoms with Gasteiger partial charge in [0, 0.05) is 24.9 Å². The van der Waals surface area contributed by atoms with Crippen molar-refractivity contribution in [3.05, 3.63) is 0 Å². The summed E-state index contributed by atoms with van der Waals surface area (Å²) in [6.07, 6.45) is 2.01. The van der Waals surface area contributed by atoms with Crippen molar-refractivity contribution in [2.45, 2.75) is 39.2 Å². The molecular weight excluding hydrogens is 180 g/mol. The molecule has 4 nitrogen and oxygen atoms in total. The molecule has 1 fully saturated rings. The molecule has 80 valence electrons. The first-order chi connectivity index (χ1) is 6.63. The van der Waals surface area contributed by atoms with Gasteiger partial charge in [-0.15, -0.1) is 0 Å². The van der Waals surface area contributed by atoms with Gasteiger partial charge in [-0.05, 0) is 19.8 Å². The molecule has 0 aromatic heterocycles. The largest absolute Gasteiger partial charge is 0.356 e. The van der Waals surface area contributed by atoms with Crippen molar-refractivity contribution in [1.82, 2.24) is 10.6 Å². The van der Waals surface area contributed by atoms with Crippen molar-refractivity contribution in [2.24, 2.45) is 5.92 Å². The highest BCUT2D eigenvalue weighted by atomic mass is 16.2. The molecule has 2 unspecified atom stereocenters. The zero-order valence-electron chi connectivity index (χ0n) is 8.80. The lowest BCUT2D eigenvalue weighted by Gasteiger charge is -2.22. The molecule has 1 saturated heterocycles. The molecule has 0 spiro atoms. The molecule has 2 amide bonds. The summed E-state index contributed by atoms with van der Waals surface area (Å²) in [5.41, 5.74) is 0. The predicted octanol–water partition coefficient (Wildman–Crippen LogP) is 0.427. The molecule has 1 aliphatic heterocycles. The summed E-state index contributed by atoms with van der Waals surface area (Å²) in [5, 5.41) is 5.62. The smallest absolute Gasteiger partial charge is 0.223 e. The highest BCUT2D eigenvalue weighted by Crippen LogP contribution is 2.12. The van der Waals surface area contributed by atoms with Crippen molar-refractivity contribution >= 4 is 11.8 Å². The first-order valence-corrected chi connectivity index (χ1v) is 5.20. The number of rotatable bonds is 3. The molecule has 0 aliphatic carbocycles. The standard InChI is InChI=1S/C10H18N2O2/c1-3-7(2)12-10(14)8-4-5-11-9(13)6-8/h7-8H,3-6H2,1-2H3,(H,11,13)(H,12,14). The monoisotopic (exact) mass is 198 g/mol. The van der Waals surface area contributed by atoms with Gasteiger partial charge in [-0.1, -0.05) is 6.92 Å². The van der Waals surface area contributed by atoms with E-state index in [0.717, 1.165) is 12.8 Å². The molecule has 1 aliphatic rings. The van der Waals surface area contributed by atoms with E-state index in [9.17, 15) is 9.59 Å². The second kappa shape index (κ2) is 4.98. The topological polar surface area (TPSA) is 58.2 Å². The molecule has 1 heterocycles. The Morgan fingerprint density at radius 1 is 1.71 bits per heavy atom. The molecule has 2 atom stereocenters. The van der Waals surface area contributed by atoms with Crippen molar-refractivity contribution in [2.75, 3.05) is 6.54 Å². The van der Waals surface area contributed by atoms with Crippen LogP contribution in [0.2, 0.25) is 0 Å². The second-order valence-electron chi connectivity index (χ2n) is 3.86. The van der Waals surface area contributed by atoms with Gasteiger partial charge in [0.15, 0.2) is 0 Å². The quantitative estimate of drug-likeness (QED) is 0.690. The van der Waals surface area contributed by atoms with Crippen molar-refractivity contribution in [3.63, 3.8) is 0 Å². The SMILES string of the molecule is CCC(C)NC(=O)C1CCNC(=O)C1. The Balaban J connectivity index is 2.39. The van der Waals surface area contributed by atoms with Crippen molar-refractivity contribution < 1.29 is 9.59 Å². The molecular formula is C10H18N2O2. The molecule has 0 aromatic carbocycles. The summed E-state index contributed by atoms with van der Waals surface area (Å²) in [6, 6.07) is 0.201. The Morgan fingerprint density at radius 3 is 3.00 bits per heavy atom. The first-order valence-electron chi connectivity index (χ1n) is 5.20. The lowest BCUT2D eigenvalue weighted by Crippen LogP contribution is -2.43. The van der Waals surface area contributed by atoms with Gasteiger partial charge < -0.3 is 10.6 Å². The van der Waals surface area contributed by atoms with Gasteiger partial charge in [0.05, 0.1) is 0 Å². The molecule has 0 saturated carbocycles. The fourth-order valence-corrected chi connectivity index (χ4v) is 1.47. The maximum Gasteiger partial charge on any atom is 0.223 e. The van der Waals surface area contributed by atoms with E-state index in [0.29, 0.717) is 13.0 Å². The van der Waals surface area contributed by atoms with Gasteiger partial charge in [0.25, 0.3) is 0 Å². The van der Waals surface area contributed by atoms with Crippen LogP contribution in [0.4, 0.5) is 0 Å². The predicted molar refractivity (Wildman–Crippen MR) is 53.6 cm³/mol. The summed E-state index contributed by atoms with van der Waals surface area (Å²) in [4.78, 5) is 22.7. The molecule has 14 heavy (non-hydrogen) atoms. The summed E-state index contributed by atoms with van der Waals surface area (Å²) in [7, 11) is 0. The zero-order chi connectivity index (χ0) is 10.6. The van der Waals surface area contributed by atoms with Gasteiger partial charge in [-0.25, -0.2) is 0 Å². The molecule has 4 heteroatoms. The minimum absolute atomic E-state index is 0.0134. The van der Waals surface area contributed by atoms with Crippen LogP contribution < -0.4 is 10.6 Å². The average Bonchev–Trinajstić information content (AvgIpc) is 2.17. The highest BCUT2D eigenvalue weighted by molar-refractivity contribution is 5.86. The zero-order valence-corrected chi connectivity index (χ0v) is 8.80. The van der Waals surface area contributed by atoms with Crippen LogP contribution in [0, 0.1) is 5.92 Å². The van der Waals surface area contributed by atoms with E-state index < -0.39 is 0 Å². The molecule has 1 rings (SSSR count). The van der Waals surface area contributed by atoms with Crippen LogP contribution in [0.1, 0.15) is 33.1 Å². The maximum atomic E-state index is 11.6. The summed E-state index contributed by atoms with van der Waals surface area (Å²) < 4.78 is 0. The average molecular weight is 198 g/mol. The molecule has 0 radical (unpaired) electrons.